The van der Waals surface area contributed by atoms with Crippen LogP contribution in [0.5, 0.6) is 0 Å². The summed E-state index contributed by atoms with van der Waals surface area (Å²) < 4.78 is 0. The topological polar surface area (TPSA) is 26.7 Å². The number of nitrogens with zero attached hydrogens (tertiary/aromatic N) is 2. The first-order valence-electron chi connectivity index (χ1n) is 8.01. The standard InChI is InChI=1S/C15H28N2O/c18-15-7-3-2-6-14(15)17-11-8-13(12-17)16-9-4-1-5-10-16/h13-15,18H,1-12H2. The second-order valence-electron chi connectivity index (χ2n) is 6.45. The highest BCUT2D eigenvalue weighted by molar-refractivity contribution is 4.91. The zero-order chi connectivity index (χ0) is 12.4. The van der Waals surface area contributed by atoms with Crippen molar-refractivity contribution in [3.05, 3.63) is 0 Å². The summed E-state index contributed by atoms with van der Waals surface area (Å²) in [5.74, 6) is 0. The predicted molar refractivity (Wildman–Crippen MR) is 73.7 cm³/mol. The third-order valence-electron chi connectivity index (χ3n) is 5.26. The second kappa shape index (κ2) is 5.89. The van der Waals surface area contributed by atoms with Crippen LogP contribution in [0.25, 0.3) is 0 Å². The molecule has 2 saturated heterocycles. The van der Waals surface area contributed by atoms with Gasteiger partial charge >= 0.3 is 0 Å². The highest BCUT2D eigenvalue weighted by atomic mass is 16.3. The molecule has 18 heavy (non-hydrogen) atoms. The fourth-order valence-electron chi connectivity index (χ4n) is 4.17. The van der Waals surface area contributed by atoms with Crippen LogP contribution in [-0.4, -0.2) is 59.3 Å². The van der Waals surface area contributed by atoms with E-state index < -0.39 is 0 Å². The maximum Gasteiger partial charge on any atom is 0.0695 e. The molecule has 0 aromatic carbocycles. The molecule has 0 spiro atoms. The molecule has 0 aromatic heterocycles. The van der Waals surface area contributed by atoms with Crippen LogP contribution in [-0.2, 0) is 0 Å². The predicted octanol–water partition coefficient (Wildman–Crippen LogP) is 1.85. The minimum atomic E-state index is -0.0566. The van der Waals surface area contributed by atoms with E-state index in [-0.39, 0.29) is 6.10 Å². The molecule has 104 valence electrons. The summed E-state index contributed by atoms with van der Waals surface area (Å²) in [6, 6.07) is 1.24. The molecular formula is C15H28N2O. The van der Waals surface area contributed by atoms with E-state index in [1.807, 2.05) is 0 Å². The van der Waals surface area contributed by atoms with E-state index in [2.05, 4.69) is 9.80 Å². The molecule has 2 aliphatic heterocycles. The van der Waals surface area contributed by atoms with Gasteiger partial charge in [-0.05, 0) is 45.2 Å². The minimum Gasteiger partial charge on any atom is -0.391 e. The van der Waals surface area contributed by atoms with Crippen molar-refractivity contribution in [2.24, 2.45) is 0 Å². The van der Waals surface area contributed by atoms with E-state index in [1.165, 1.54) is 71.1 Å². The lowest BCUT2D eigenvalue weighted by atomic mass is 9.91. The first-order chi connectivity index (χ1) is 8.84. The molecule has 3 heteroatoms. The smallest absolute Gasteiger partial charge is 0.0695 e. The molecule has 0 radical (unpaired) electrons. The first kappa shape index (κ1) is 12.9. The Morgan fingerprint density at radius 1 is 0.722 bits per heavy atom. The molecule has 3 fully saturated rings. The summed E-state index contributed by atoms with van der Waals surface area (Å²) in [7, 11) is 0. The van der Waals surface area contributed by atoms with Gasteiger partial charge < -0.3 is 5.11 Å². The average Bonchev–Trinajstić information content (AvgIpc) is 2.90. The van der Waals surface area contributed by atoms with Gasteiger partial charge in [0.25, 0.3) is 0 Å². The largest absolute Gasteiger partial charge is 0.391 e. The molecule has 0 bridgehead atoms. The Morgan fingerprint density at radius 2 is 1.50 bits per heavy atom. The van der Waals surface area contributed by atoms with Gasteiger partial charge in [0.1, 0.15) is 0 Å². The number of likely N-dealkylation sites (tertiary alicyclic amines) is 2. The monoisotopic (exact) mass is 252 g/mol. The van der Waals surface area contributed by atoms with Crippen molar-refractivity contribution in [1.29, 1.82) is 0 Å². The summed E-state index contributed by atoms with van der Waals surface area (Å²) in [4.78, 5) is 5.29. The normalized spacial score (nSPS) is 40.2. The highest BCUT2D eigenvalue weighted by Crippen LogP contribution is 2.28. The van der Waals surface area contributed by atoms with Crippen molar-refractivity contribution >= 4 is 0 Å². The van der Waals surface area contributed by atoms with Gasteiger partial charge in [0.2, 0.25) is 0 Å². The number of aliphatic hydroxyl groups excluding tert-OH is 1. The fourth-order valence-corrected chi connectivity index (χ4v) is 4.17. The molecule has 1 aliphatic carbocycles. The Kier molecular flexibility index (Phi) is 4.22. The van der Waals surface area contributed by atoms with Crippen LogP contribution in [0.2, 0.25) is 0 Å². The van der Waals surface area contributed by atoms with Gasteiger partial charge in [-0.25, -0.2) is 0 Å². The van der Waals surface area contributed by atoms with Gasteiger partial charge in [-0.3, -0.25) is 9.80 Å². The van der Waals surface area contributed by atoms with Crippen molar-refractivity contribution in [2.75, 3.05) is 26.2 Å². The summed E-state index contributed by atoms with van der Waals surface area (Å²) in [5, 5.41) is 10.2. The van der Waals surface area contributed by atoms with E-state index in [9.17, 15) is 5.11 Å². The van der Waals surface area contributed by atoms with Crippen LogP contribution in [0.4, 0.5) is 0 Å². The molecule has 3 rings (SSSR count). The lowest BCUT2D eigenvalue weighted by Crippen LogP contribution is -2.47. The molecule has 2 heterocycles. The molecule has 3 atom stereocenters. The van der Waals surface area contributed by atoms with Crippen molar-refractivity contribution in [1.82, 2.24) is 9.80 Å². The van der Waals surface area contributed by atoms with E-state index >= 15 is 0 Å². The Hall–Kier alpha value is -0.120. The summed E-state index contributed by atoms with van der Waals surface area (Å²) >= 11 is 0. The number of aliphatic hydroxyl groups is 1. The molecule has 3 unspecified atom stereocenters. The Morgan fingerprint density at radius 3 is 2.28 bits per heavy atom. The average molecular weight is 252 g/mol. The number of piperidine rings is 1. The SMILES string of the molecule is OC1CCCCC1N1CCC(N2CCCCC2)C1. The molecular weight excluding hydrogens is 224 g/mol. The van der Waals surface area contributed by atoms with E-state index in [0.717, 1.165) is 12.5 Å². The van der Waals surface area contributed by atoms with E-state index in [0.29, 0.717) is 6.04 Å². The van der Waals surface area contributed by atoms with Crippen molar-refractivity contribution in [3.8, 4) is 0 Å². The van der Waals surface area contributed by atoms with Crippen LogP contribution < -0.4 is 0 Å². The van der Waals surface area contributed by atoms with Crippen LogP contribution in [0.3, 0.4) is 0 Å². The third-order valence-corrected chi connectivity index (χ3v) is 5.26. The Balaban J connectivity index is 1.53. The Labute approximate surface area is 111 Å². The van der Waals surface area contributed by atoms with Gasteiger partial charge in [0, 0.05) is 25.2 Å². The molecule has 0 amide bonds. The summed E-state index contributed by atoms with van der Waals surface area (Å²) in [5.41, 5.74) is 0. The quantitative estimate of drug-likeness (QED) is 0.812. The zero-order valence-electron chi connectivity index (χ0n) is 11.6. The van der Waals surface area contributed by atoms with Gasteiger partial charge in [0.05, 0.1) is 6.10 Å². The molecule has 0 aromatic rings. The van der Waals surface area contributed by atoms with Crippen molar-refractivity contribution in [3.63, 3.8) is 0 Å². The number of hydrogen-bond donors (Lipinski definition) is 1. The summed E-state index contributed by atoms with van der Waals surface area (Å²) in [6.45, 7) is 5.04. The number of rotatable bonds is 2. The molecule has 1 N–H and O–H groups in total. The fraction of sp³-hybridized carbons (Fsp3) is 1.00. The van der Waals surface area contributed by atoms with Crippen LogP contribution >= 0.6 is 0 Å². The van der Waals surface area contributed by atoms with Crippen LogP contribution in [0.15, 0.2) is 0 Å². The lowest BCUT2D eigenvalue weighted by molar-refractivity contribution is 0.0266. The first-order valence-corrected chi connectivity index (χ1v) is 8.01. The van der Waals surface area contributed by atoms with Gasteiger partial charge in [-0.15, -0.1) is 0 Å². The molecule has 3 nitrogen and oxygen atoms in total. The van der Waals surface area contributed by atoms with Crippen LogP contribution in [0.1, 0.15) is 51.4 Å². The third kappa shape index (κ3) is 2.73. The molecule has 1 saturated carbocycles. The van der Waals surface area contributed by atoms with Gasteiger partial charge in [-0.1, -0.05) is 19.3 Å². The van der Waals surface area contributed by atoms with E-state index in [1.54, 1.807) is 0 Å². The maximum atomic E-state index is 10.2. The summed E-state index contributed by atoms with van der Waals surface area (Å²) in [6.07, 6.45) is 10.2. The van der Waals surface area contributed by atoms with E-state index in [4.69, 9.17) is 0 Å². The van der Waals surface area contributed by atoms with Crippen molar-refractivity contribution < 1.29 is 5.11 Å². The second-order valence-corrected chi connectivity index (χ2v) is 6.45. The van der Waals surface area contributed by atoms with Crippen LogP contribution in [0, 0.1) is 0 Å². The van der Waals surface area contributed by atoms with Crippen molar-refractivity contribution in [2.45, 2.75) is 69.6 Å². The Bertz CT molecular complexity index is 265. The lowest BCUT2D eigenvalue weighted by Gasteiger charge is -2.36. The van der Waals surface area contributed by atoms with Gasteiger partial charge in [-0.2, -0.15) is 0 Å². The minimum absolute atomic E-state index is 0.0566. The highest BCUT2D eigenvalue weighted by Gasteiger charge is 2.35. The van der Waals surface area contributed by atoms with Gasteiger partial charge in [0.15, 0.2) is 0 Å². The number of hydrogen-bond acceptors (Lipinski definition) is 3. The zero-order valence-corrected chi connectivity index (χ0v) is 11.6. The maximum absolute atomic E-state index is 10.2. The molecule has 3 aliphatic rings.